The van der Waals surface area contributed by atoms with Crippen LogP contribution in [-0.2, 0) is 9.53 Å². The van der Waals surface area contributed by atoms with Crippen LogP contribution in [0.4, 0.5) is 13.2 Å². The highest BCUT2D eigenvalue weighted by molar-refractivity contribution is 8.00. The van der Waals surface area contributed by atoms with Gasteiger partial charge in [-0.25, -0.2) is 0 Å². The zero-order chi connectivity index (χ0) is 14.5. The van der Waals surface area contributed by atoms with Gasteiger partial charge in [-0.3, -0.25) is 4.79 Å². The van der Waals surface area contributed by atoms with Gasteiger partial charge in [0, 0.05) is 11.3 Å². The summed E-state index contributed by atoms with van der Waals surface area (Å²) >= 11 is -0.213. The normalized spacial score (nSPS) is 13.1. The molecule has 0 heterocycles. The third kappa shape index (κ3) is 5.98. The number of aliphatic hydroxyl groups is 1. The third-order valence-electron chi connectivity index (χ3n) is 2.35. The maximum Gasteiger partial charge on any atom is 0.446 e. The van der Waals surface area contributed by atoms with E-state index in [1.807, 2.05) is 0 Å². The van der Waals surface area contributed by atoms with Crippen molar-refractivity contribution >= 4 is 17.7 Å². The van der Waals surface area contributed by atoms with Crippen molar-refractivity contribution in [2.75, 3.05) is 7.11 Å². The summed E-state index contributed by atoms with van der Waals surface area (Å²) in [6.07, 6.45) is -0.682. The highest BCUT2D eigenvalue weighted by Gasteiger charge is 2.29. The Kier molecular flexibility index (Phi) is 5.68. The molecule has 0 aliphatic rings. The number of carbonyl (C=O) groups is 1. The number of esters is 1. The summed E-state index contributed by atoms with van der Waals surface area (Å²) < 4.78 is 40.8. The number of benzene rings is 1. The van der Waals surface area contributed by atoms with Crippen LogP contribution in [0.25, 0.3) is 0 Å². The lowest BCUT2D eigenvalue weighted by atomic mass is 10.1. The van der Waals surface area contributed by atoms with E-state index in [2.05, 4.69) is 4.74 Å². The molecule has 0 radical (unpaired) electrons. The van der Waals surface area contributed by atoms with Gasteiger partial charge >= 0.3 is 11.5 Å². The van der Waals surface area contributed by atoms with Crippen LogP contribution in [0.3, 0.4) is 0 Å². The lowest BCUT2D eigenvalue weighted by Crippen LogP contribution is -2.05. The Balaban J connectivity index is 2.58. The van der Waals surface area contributed by atoms with E-state index < -0.39 is 17.6 Å². The number of hydrogen-bond donors (Lipinski definition) is 1. The lowest BCUT2D eigenvalue weighted by Gasteiger charge is -2.11. The second-order valence-corrected chi connectivity index (χ2v) is 4.89. The average Bonchev–Trinajstić information content (AvgIpc) is 2.34. The van der Waals surface area contributed by atoms with Crippen molar-refractivity contribution in [1.82, 2.24) is 0 Å². The van der Waals surface area contributed by atoms with Crippen molar-refractivity contribution in [3.63, 3.8) is 0 Å². The molecule has 0 saturated carbocycles. The SMILES string of the molecule is COC(=O)CCC(O)c1ccc(SC(F)(F)F)cc1. The Bertz CT molecular complexity index is 417. The van der Waals surface area contributed by atoms with E-state index in [1.165, 1.54) is 31.4 Å². The Morgan fingerprint density at radius 2 is 1.95 bits per heavy atom. The number of aliphatic hydroxyl groups excluding tert-OH is 1. The first-order valence-corrected chi connectivity index (χ1v) is 6.24. The Morgan fingerprint density at radius 3 is 2.42 bits per heavy atom. The van der Waals surface area contributed by atoms with E-state index in [-0.39, 0.29) is 29.5 Å². The topological polar surface area (TPSA) is 46.5 Å². The fourth-order valence-corrected chi connectivity index (χ4v) is 1.95. The molecule has 0 aliphatic carbocycles. The summed E-state index contributed by atoms with van der Waals surface area (Å²) in [5.41, 5.74) is -3.86. The van der Waals surface area contributed by atoms with Crippen LogP contribution >= 0.6 is 11.8 Å². The van der Waals surface area contributed by atoms with Crippen molar-refractivity contribution in [2.24, 2.45) is 0 Å². The van der Waals surface area contributed by atoms with E-state index in [9.17, 15) is 23.1 Å². The molecule has 106 valence electrons. The summed E-state index contributed by atoms with van der Waals surface area (Å²) in [5, 5.41) is 9.75. The van der Waals surface area contributed by atoms with Crippen LogP contribution in [0.15, 0.2) is 29.2 Å². The number of halogens is 3. The van der Waals surface area contributed by atoms with Crippen LogP contribution in [0, 0.1) is 0 Å². The van der Waals surface area contributed by atoms with Gasteiger partial charge in [0.25, 0.3) is 0 Å². The van der Waals surface area contributed by atoms with Crippen LogP contribution in [0.1, 0.15) is 24.5 Å². The summed E-state index contributed by atoms with van der Waals surface area (Å²) in [5.74, 6) is -0.441. The van der Waals surface area contributed by atoms with Crippen molar-refractivity contribution < 1.29 is 27.8 Å². The lowest BCUT2D eigenvalue weighted by molar-refractivity contribution is -0.141. The number of ether oxygens (including phenoxy) is 1. The number of rotatable bonds is 5. The minimum Gasteiger partial charge on any atom is -0.469 e. The summed E-state index contributed by atoms with van der Waals surface area (Å²) in [4.78, 5) is 10.9. The predicted molar refractivity (Wildman–Crippen MR) is 64.6 cm³/mol. The Morgan fingerprint density at radius 1 is 1.37 bits per heavy atom. The molecule has 7 heteroatoms. The van der Waals surface area contributed by atoms with Gasteiger partial charge in [-0.15, -0.1) is 0 Å². The van der Waals surface area contributed by atoms with Gasteiger partial charge in [-0.1, -0.05) is 12.1 Å². The fraction of sp³-hybridized carbons (Fsp3) is 0.417. The summed E-state index contributed by atoms with van der Waals surface area (Å²) in [6.45, 7) is 0. The standard InChI is InChI=1S/C12H13F3O3S/c1-18-11(17)7-6-10(16)8-2-4-9(5-3-8)19-12(13,14)15/h2-5,10,16H,6-7H2,1H3. The molecule has 0 aromatic heterocycles. The van der Waals surface area contributed by atoms with Gasteiger partial charge in [0.2, 0.25) is 0 Å². The molecular formula is C12H13F3O3S. The Hall–Kier alpha value is -1.21. The highest BCUT2D eigenvalue weighted by atomic mass is 32.2. The first-order chi connectivity index (χ1) is 8.81. The van der Waals surface area contributed by atoms with Crippen LogP contribution < -0.4 is 0 Å². The molecule has 0 spiro atoms. The number of methoxy groups -OCH3 is 1. The molecular weight excluding hydrogens is 281 g/mol. The minimum absolute atomic E-state index is 0.0522. The fourth-order valence-electron chi connectivity index (χ4n) is 1.41. The zero-order valence-corrected chi connectivity index (χ0v) is 10.9. The molecule has 1 aromatic carbocycles. The molecule has 19 heavy (non-hydrogen) atoms. The first kappa shape index (κ1) is 15.8. The molecule has 1 N–H and O–H groups in total. The number of thioether (sulfide) groups is 1. The molecule has 0 bridgehead atoms. The van der Waals surface area contributed by atoms with Gasteiger partial charge < -0.3 is 9.84 Å². The van der Waals surface area contributed by atoms with E-state index >= 15 is 0 Å². The maximum absolute atomic E-state index is 12.1. The van der Waals surface area contributed by atoms with Gasteiger partial charge in [0.05, 0.1) is 13.2 Å². The highest BCUT2D eigenvalue weighted by Crippen LogP contribution is 2.37. The second kappa shape index (κ2) is 6.81. The van der Waals surface area contributed by atoms with Crippen LogP contribution in [-0.4, -0.2) is 23.7 Å². The summed E-state index contributed by atoms with van der Waals surface area (Å²) in [6, 6.07) is 5.40. The summed E-state index contributed by atoms with van der Waals surface area (Å²) in [7, 11) is 1.25. The van der Waals surface area contributed by atoms with E-state index in [0.29, 0.717) is 5.56 Å². The number of alkyl halides is 3. The first-order valence-electron chi connectivity index (χ1n) is 5.42. The second-order valence-electron chi connectivity index (χ2n) is 3.75. The quantitative estimate of drug-likeness (QED) is 0.668. The van der Waals surface area contributed by atoms with Crippen molar-refractivity contribution in [1.29, 1.82) is 0 Å². The van der Waals surface area contributed by atoms with Crippen molar-refractivity contribution in [2.45, 2.75) is 29.3 Å². The van der Waals surface area contributed by atoms with Crippen molar-refractivity contribution in [3.05, 3.63) is 29.8 Å². The molecule has 0 saturated heterocycles. The van der Waals surface area contributed by atoms with Crippen LogP contribution in [0.2, 0.25) is 0 Å². The molecule has 0 fully saturated rings. The van der Waals surface area contributed by atoms with Gasteiger partial charge in [0.1, 0.15) is 0 Å². The van der Waals surface area contributed by atoms with Gasteiger partial charge in [-0.05, 0) is 35.9 Å². The number of carbonyl (C=O) groups excluding carboxylic acids is 1. The molecule has 0 amide bonds. The monoisotopic (exact) mass is 294 g/mol. The molecule has 0 aliphatic heterocycles. The maximum atomic E-state index is 12.1. The molecule has 1 aromatic rings. The molecule has 1 atom stereocenters. The van der Waals surface area contributed by atoms with Gasteiger partial charge in [0.15, 0.2) is 0 Å². The van der Waals surface area contributed by atoms with Crippen molar-refractivity contribution in [3.8, 4) is 0 Å². The average molecular weight is 294 g/mol. The van der Waals surface area contributed by atoms with E-state index in [4.69, 9.17) is 0 Å². The Labute approximate surface area is 112 Å². The van der Waals surface area contributed by atoms with E-state index in [0.717, 1.165) is 0 Å². The zero-order valence-electron chi connectivity index (χ0n) is 10.1. The molecule has 1 unspecified atom stereocenters. The molecule has 1 rings (SSSR count). The third-order valence-corrected chi connectivity index (χ3v) is 3.09. The molecule has 3 nitrogen and oxygen atoms in total. The van der Waals surface area contributed by atoms with Gasteiger partial charge in [-0.2, -0.15) is 13.2 Å². The van der Waals surface area contributed by atoms with E-state index in [1.54, 1.807) is 0 Å². The van der Waals surface area contributed by atoms with Crippen LogP contribution in [0.5, 0.6) is 0 Å². The smallest absolute Gasteiger partial charge is 0.446 e. The largest absolute Gasteiger partial charge is 0.469 e. The predicted octanol–water partition coefficient (Wildman–Crippen LogP) is 3.29. The minimum atomic E-state index is -4.33. The number of hydrogen-bond acceptors (Lipinski definition) is 4.